The first-order valence-corrected chi connectivity index (χ1v) is 7.68. The molecule has 2 fully saturated rings. The van der Waals surface area contributed by atoms with Crippen molar-refractivity contribution in [2.45, 2.75) is 31.7 Å². The zero-order chi connectivity index (χ0) is 13.4. The number of aromatic nitrogens is 3. The minimum Gasteiger partial charge on any atom is -0.338 e. The van der Waals surface area contributed by atoms with Crippen molar-refractivity contribution in [2.75, 3.05) is 24.5 Å². The van der Waals surface area contributed by atoms with Crippen LogP contribution in [0.25, 0.3) is 5.65 Å². The van der Waals surface area contributed by atoms with Gasteiger partial charge in [0, 0.05) is 25.3 Å². The van der Waals surface area contributed by atoms with Crippen LogP contribution in [0, 0.1) is 5.92 Å². The molecule has 1 saturated heterocycles. The summed E-state index contributed by atoms with van der Waals surface area (Å²) in [7, 11) is 0. The fourth-order valence-corrected chi connectivity index (χ4v) is 2.98. The highest BCUT2D eigenvalue weighted by atomic mass is 15.4. The molecule has 0 spiro atoms. The number of fused-ring (bicyclic) bond motifs is 1. The summed E-state index contributed by atoms with van der Waals surface area (Å²) in [4.78, 5) is 7.07. The molecule has 1 aliphatic heterocycles. The molecule has 1 saturated carbocycles. The van der Waals surface area contributed by atoms with E-state index in [0.717, 1.165) is 37.1 Å². The normalized spacial score (nSPS) is 22.5. The Morgan fingerprint density at radius 1 is 1.25 bits per heavy atom. The topological polar surface area (TPSA) is 45.5 Å². The van der Waals surface area contributed by atoms with Gasteiger partial charge in [-0.25, -0.2) is 4.52 Å². The third-order valence-corrected chi connectivity index (χ3v) is 4.29. The van der Waals surface area contributed by atoms with Gasteiger partial charge in [0.05, 0.1) is 0 Å². The zero-order valence-electron chi connectivity index (χ0n) is 11.7. The number of hydrogen-bond acceptors (Lipinski definition) is 4. The second-order valence-corrected chi connectivity index (χ2v) is 6.06. The van der Waals surface area contributed by atoms with Gasteiger partial charge < -0.3 is 10.2 Å². The SMILES string of the molecule is c1ccn2nc(N(CC3CC3)CC3CCCN3)nc2c1. The van der Waals surface area contributed by atoms with E-state index in [2.05, 4.69) is 20.3 Å². The van der Waals surface area contributed by atoms with Crippen LogP contribution in [0.1, 0.15) is 25.7 Å². The third-order valence-electron chi connectivity index (χ3n) is 4.29. The van der Waals surface area contributed by atoms with Crippen LogP contribution in [0.15, 0.2) is 24.4 Å². The number of nitrogens with zero attached hydrogens (tertiary/aromatic N) is 4. The maximum atomic E-state index is 4.69. The molecule has 1 atom stereocenters. The highest BCUT2D eigenvalue weighted by Crippen LogP contribution is 2.31. The Labute approximate surface area is 119 Å². The zero-order valence-corrected chi connectivity index (χ0v) is 11.7. The van der Waals surface area contributed by atoms with Crippen molar-refractivity contribution >= 4 is 11.6 Å². The van der Waals surface area contributed by atoms with Crippen LogP contribution in [0.5, 0.6) is 0 Å². The van der Waals surface area contributed by atoms with Crippen molar-refractivity contribution < 1.29 is 0 Å². The van der Waals surface area contributed by atoms with Gasteiger partial charge in [0.2, 0.25) is 5.95 Å². The van der Waals surface area contributed by atoms with Crippen LogP contribution in [-0.2, 0) is 0 Å². The Balaban J connectivity index is 1.58. The molecule has 0 radical (unpaired) electrons. The summed E-state index contributed by atoms with van der Waals surface area (Å²) in [6.07, 6.45) is 7.26. The molecule has 2 aromatic heterocycles. The van der Waals surface area contributed by atoms with Crippen LogP contribution in [0.4, 0.5) is 5.95 Å². The van der Waals surface area contributed by atoms with Gasteiger partial charge in [0.1, 0.15) is 0 Å². The molecular formula is C15H21N5. The summed E-state index contributed by atoms with van der Waals surface area (Å²) < 4.78 is 1.87. The van der Waals surface area contributed by atoms with Gasteiger partial charge in [-0.1, -0.05) is 6.07 Å². The third kappa shape index (κ3) is 2.50. The summed E-state index contributed by atoms with van der Waals surface area (Å²) in [5.74, 6) is 1.74. The van der Waals surface area contributed by atoms with E-state index >= 15 is 0 Å². The largest absolute Gasteiger partial charge is 0.338 e. The van der Waals surface area contributed by atoms with Crippen molar-refractivity contribution in [2.24, 2.45) is 5.92 Å². The lowest BCUT2D eigenvalue weighted by molar-refractivity contribution is 0.563. The van der Waals surface area contributed by atoms with Gasteiger partial charge in [0.15, 0.2) is 5.65 Å². The summed E-state index contributed by atoms with van der Waals surface area (Å²) in [6.45, 7) is 3.29. The second kappa shape index (κ2) is 5.05. The van der Waals surface area contributed by atoms with E-state index in [-0.39, 0.29) is 0 Å². The molecule has 1 N–H and O–H groups in total. The molecule has 0 bridgehead atoms. The van der Waals surface area contributed by atoms with Crippen LogP contribution in [-0.4, -0.2) is 40.3 Å². The van der Waals surface area contributed by atoms with E-state index in [0.29, 0.717) is 6.04 Å². The predicted molar refractivity (Wildman–Crippen MR) is 78.9 cm³/mol. The average Bonchev–Trinajstić information content (AvgIpc) is 2.98. The molecule has 1 aliphatic carbocycles. The van der Waals surface area contributed by atoms with Gasteiger partial charge >= 0.3 is 0 Å². The van der Waals surface area contributed by atoms with E-state index < -0.39 is 0 Å². The molecule has 0 amide bonds. The number of rotatable bonds is 5. The molecule has 0 aromatic carbocycles. The molecule has 5 heteroatoms. The highest BCUT2D eigenvalue weighted by Gasteiger charge is 2.28. The standard InChI is InChI=1S/C15H21N5/c1-2-9-20-14(5-1)17-15(18-20)19(10-12-6-7-12)11-13-4-3-8-16-13/h1-2,5,9,12-13,16H,3-4,6-8,10-11H2. The summed E-state index contributed by atoms with van der Waals surface area (Å²) in [5.41, 5.74) is 0.933. The molecule has 20 heavy (non-hydrogen) atoms. The molecule has 1 unspecified atom stereocenters. The minimum absolute atomic E-state index is 0.598. The summed E-state index contributed by atoms with van der Waals surface area (Å²) >= 11 is 0. The van der Waals surface area contributed by atoms with Crippen molar-refractivity contribution in [1.29, 1.82) is 0 Å². The molecule has 3 heterocycles. The van der Waals surface area contributed by atoms with E-state index in [1.54, 1.807) is 0 Å². The van der Waals surface area contributed by atoms with Crippen LogP contribution in [0.2, 0.25) is 0 Å². The number of hydrogen-bond donors (Lipinski definition) is 1. The average molecular weight is 271 g/mol. The maximum absolute atomic E-state index is 4.69. The molecule has 5 nitrogen and oxygen atoms in total. The first-order chi connectivity index (χ1) is 9.88. The van der Waals surface area contributed by atoms with Crippen LogP contribution < -0.4 is 10.2 Å². The lowest BCUT2D eigenvalue weighted by Gasteiger charge is -2.24. The van der Waals surface area contributed by atoms with Crippen molar-refractivity contribution in [3.05, 3.63) is 24.4 Å². The number of nitrogens with one attached hydrogen (secondary N) is 1. The Bertz CT molecular complexity index is 550. The molecule has 106 valence electrons. The monoisotopic (exact) mass is 271 g/mol. The fourth-order valence-electron chi connectivity index (χ4n) is 2.98. The van der Waals surface area contributed by atoms with Gasteiger partial charge in [0.25, 0.3) is 0 Å². The minimum atomic E-state index is 0.598. The van der Waals surface area contributed by atoms with Crippen molar-refractivity contribution in [3.63, 3.8) is 0 Å². The van der Waals surface area contributed by atoms with Crippen molar-refractivity contribution in [3.8, 4) is 0 Å². The maximum Gasteiger partial charge on any atom is 0.245 e. The van der Waals surface area contributed by atoms with E-state index in [1.165, 1.54) is 25.7 Å². The number of anilines is 1. The molecular weight excluding hydrogens is 250 g/mol. The van der Waals surface area contributed by atoms with E-state index in [9.17, 15) is 0 Å². The van der Waals surface area contributed by atoms with Crippen LogP contribution in [0.3, 0.4) is 0 Å². The van der Waals surface area contributed by atoms with Crippen molar-refractivity contribution in [1.82, 2.24) is 19.9 Å². The molecule has 2 aromatic rings. The summed E-state index contributed by atoms with van der Waals surface area (Å²) in [6, 6.07) is 6.62. The Morgan fingerprint density at radius 3 is 2.95 bits per heavy atom. The summed E-state index contributed by atoms with van der Waals surface area (Å²) in [5, 5.41) is 8.22. The smallest absolute Gasteiger partial charge is 0.245 e. The lowest BCUT2D eigenvalue weighted by Crippen LogP contribution is -2.39. The molecule has 4 rings (SSSR count). The fraction of sp³-hybridized carbons (Fsp3) is 0.600. The second-order valence-electron chi connectivity index (χ2n) is 6.06. The molecule has 2 aliphatic rings. The first-order valence-electron chi connectivity index (χ1n) is 7.68. The quantitative estimate of drug-likeness (QED) is 0.899. The first kappa shape index (κ1) is 12.1. The van der Waals surface area contributed by atoms with Crippen LogP contribution >= 0.6 is 0 Å². The Morgan fingerprint density at radius 2 is 2.20 bits per heavy atom. The van der Waals surface area contributed by atoms with Gasteiger partial charge in [-0.2, -0.15) is 4.98 Å². The van der Waals surface area contributed by atoms with E-state index in [4.69, 9.17) is 0 Å². The van der Waals surface area contributed by atoms with Gasteiger partial charge in [-0.3, -0.25) is 0 Å². The lowest BCUT2D eigenvalue weighted by atomic mass is 10.2. The Kier molecular flexibility index (Phi) is 3.07. The number of pyridine rings is 1. The predicted octanol–water partition coefficient (Wildman–Crippen LogP) is 1.70. The highest BCUT2D eigenvalue weighted by molar-refractivity contribution is 5.44. The Hall–Kier alpha value is -1.62. The van der Waals surface area contributed by atoms with Gasteiger partial charge in [-0.15, -0.1) is 5.10 Å². The van der Waals surface area contributed by atoms with E-state index in [1.807, 2.05) is 28.9 Å². The van der Waals surface area contributed by atoms with Gasteiger partial charge in [-0.05, 0) is 50.3 Å².